The Morgan fingerprint density at radius 2 is 1.65 bits per heavy atom. The number of anilines is 1. The monoisotopic (exact) mass is 647 g/mol. The van der Waals surface area contributed by atoms with Crippen LogP contribution >= 0.6 is 23.2 Å². The van der Waals surface area contributed by atoms with E-state index in [2.05, 4.69) is 5.32 Å². The summed E-state index contributed by atoms with van der Waals surface area (Å²) in [5, 5.41) is 3.58. The number of ether oxygens (including phenoxy) is 1. The van der Waals surface area contributed by atoms with Crippen LogP contribution in [0.3, 0.4) is 0 Å². The summed E-state index contributed by atoms with van der Waals surface area (Å²) in [6.45, 7) is 7.69. The SMILES string of the molecule is CCCCNC(=O)C(CC)N(Cc1ccc(Cl)c(Cl)c1)C(=O)CN(c1ccccc1OCC)S(=O)(=O)c1ccc(C)cc1. The minimum absolute atomic E-state index is 0.0148. The first kappa shape index (κ1) is 34.2. The Kier molecular flexibility index (Phi) is 12.7. The Bertz CT molecular complexity index is 1500. The van der Waals surface area contributed by atoms with Gasteiger partial charge in [0, 0.05) is 13.1 Å². The molecule has 3 aromatic carbocycles. The van der Waals surface area contributed by atoms with E-state index in [0.29, 0.717) is 40.9 Å². The van der Waals surface area contributed by atoms with Gasteiger partial charge in [-0.25, -0.2) is 8.42 Å². The molecule has 0 aliphatic heterocycles. The van der Waals surface area contributed by atoms with E-state index in [4.69, 9.17) is 27.9 Å². The predicted octanol–water partition coefficient (Wildman–Crippen LogP) is 6.62. The maximum atomic E-state index is 14.3. The van der Waals surface area contributed by atoms with Crippen LogP contribution in [0.1, 0.15) is 51.2 Å². The fourth-order valence-corrected chi connectivity index (χ4v) is 6.30. The van der Waals surface area contributed by atoms with E-state index in [1.807, 2.05) is 20.8 Å². The molecule has 11 heteroatoms. The van der Waals surface area contributed by atoms with Gasteiger partial charge in [0.25, 0.3) is 10.0 Å². The minimum Gasteiger partial charge on any atom is -0.492 e. The number of rotatable bonds is 15. The number of unbranched alkanes of at least 4 members (excludes halogenated alkanes) is 1. The van der Waals surface area contributed by atoms with Gasteiger partial charge < -0.3 is 15.0 Å². The van der Waals surface area contributed by atoms with Crippen LogP contribution in [0.2, 0.25) is 10.0 Å². The summed E-state index contributed by atoms with van der Waals surface area (Å²) in [4.78, 5) is 29.0. The summed E-state index contributed by atoms with van der Waals surface area (Å²) in [6.07, 6.45) is 2.00. The lowest BCUT2D eigenvalue weighted by Gasteiger charge is -2.33. The van der Waals surface area contributed by atoms with E-state index in [-0.39, 0.29) is 23.0 Å². The molecule has 1 N–H and O–H groups in total. The molecule has 1 atom stereocenters. The van der Waals surface area contributed by atoms with Crippen molar-refractivity contribution in [2.45, 2.75) is 64.4 Å². The molecule has 43 heavy (non-hydrogen) atoms. The summed E-state index contributed by atoms with van der Waals surface area (Å²) >= 11 is 12.4. The zero-order valence-corrected chi connectivity index (χ0v) is 27.3. The first-order valence-electron chi connectivity index (χ1n) is 14.4. The van der Waals surface area contributed by atoms with Gasteiger partial charge in [-0.2, -0.15) is 0 Å². The molecule has 232 valence electrons. The van der Waals surface area contributed by atoms with Crippen molar-refractivity contribution in [2.24, 2.45) is 0 Å². The number of benzene rings is 3. The highest BCUT2D eigenvalue weighted by Gasteiger charge is 2.34. The molecule has 0 aliphatic carbocycles. The number of hydrogen-bond acceptors (Lipinski definition) is 5. The van der Waals surface area contributed by atoms with Crippen LogP contribution in [0, 0.1) is 6.92 Å². The number of amides is 2. The van der Waals surface area contributed by atoms with Gasteiger partial charge >= 0.3 is 0 Å². The van der Waals surface area contributed by atoms with Crippen LogP contribution in [-0.2, 0) is 26.2 Å². The van der Waals surface area contributed by atoms with E-state index in [9.17, 15) is 18.0 Å². The molecule has 0 bridgehead atoms. The highest BCUT2D eigenvalue weighted by Crippen LogP contribution is 2.33. The van der Waals surface area contributed by atoms with E-state index >= 15 is 0 Å². The topological polar surface area (TPSA) is 96.0 Å². The van der Waals surface area contributed by atoms with Crippen molar-refractivity contribution in [3.8, 4) is 5.75 Å². The lowest BCUT2D eigenvalue weighted by molar-refractivity contribution is -0.140. The average Bonchev–Trinajstić information content (AvgIpc) is 2.98. The lowest BCUT2D eigenvalue weighted by atomic mass is 10.1. The van der Waals surface area contributed by atoms with Gasteiger partial charge in [-0.1, -0.05) is 79.4 Å². The summed E-state index contributed by atoms with van der Waals surface area (Å²) in [5.74, 6) is -0.563. The Morgan fingerprint density at radius 3 is 2.28 bits per heavy atom. The third kappa shape index (κ3) is 8.87. The van der Waals surface area contributed by atoms with Crippen molar-refractivity contribution in [1.29, 1.82) is 0 Å². The number of carbonyl (C=O) groups is 2. The van der Waals surface area contributed by atoms with Crippen LogP contribution in [0.25, 0.3) is 0 Å². The first-order chi connectivity index (χ1) is 20.5. The van der Waals surface area contributed by atoms with Crippen molar-refractivity contribution < 1.29 is 22.7 Å². The molecule has 0 aliphatic rings. The Morgan fingerprint density at radius 1 is 0.953 bits per heavy atom. The van der Waals surface area contributed by atoms with E-state index < -0.39 is 28.5 Å². The number of aryl methyl sites for hydroxylation is 1. The van der Waals surface area contributed by atoms with Gasteiger partial charge in [-0.3, -0.25) is 13.9 Å². The van der Waals surface area contributed by atoms with Gasteiger partial charge in [-0.15, -0.1) is 0 Å². The van der Waals surface area contributed by atoms with Crippen LogP contribution in [0.15, 0.2) is 71.6 Å². The summed E-state index contributed by atoms with van der Waals surface area (Å²) in [7, 11) is -4.23. The fraction of sp³-hybridized carbons (Fsp3) is 0.375. The summed E-state index contributed by atoms with van der Waals surface area (Å²) < 4.78 is 35.1. The van der Waals surface area contributed by atoms with Crippen molar-refractivity contribution >= 4 is 50.7 Å². The number of sulfonamides is 1. The second-order valence-electron chi connectivity index (χ2n) is 10.1. The third-order valence-corrected chi connectivity index (χ3v) is 9.39. The molecular weight excluding hydrogens is 609 g/mol. The molecule has 8 nitrogen and oxygen atoms in total. The molecule has 3 aromatic rings. The van der Waals surface area contributed by atoms with Crippen molar-refractivity contribution in [1.82, 2.24) is 10.2 Å². The number of halogens is 2. The van der Waals surface area contributed by atoms with Gasteiger partial charge in [-0.05, 0) is 68.7 Å². The number of nitrogens with zero attached hydrogens (tertiary/aromatic N) is 2. The number of carbonyl (C=O) groups excluding carboxylic acids is 2. The Balaban J connectivity index is 2.10. The predicted molar refractivity (Wildman–Crippen MR) is 172 cm³/mol. The van der Waals surface area contributed by atoms with Crippen molar-refractivity contribution in [3.63, 3.8) is 0 Å². The highest BCUT2D eigenvalue weighted by atomic mass is 35.5. The summed E-state index contributed by atoms with van der Waals surface area (Å²) in [6, 6.07) is 17.2. The van der Waals surface area contributed by atoms with Crippen LogP contribution in [0.5, 0.6) is 5.75 Å². The molecule has 0 aromatic heterocycles. The van der Waals surface area contributed by atoms with Gasteiger partial charge in [0.2, 0.25) is 11.8 Å². The molecule has 0 heterocycles. The lowest BCUT2D eigenvalue weighted by Crippen LogP contribution is -2.52. The Hall–Kier alpha value is -3.27. The smallest absolute Gasteiger partial charge is 0.264 e. The van der Waals surface area contributed by atoms with E-state index in [1.165, 1.54) is 17.0 Å². The molecule has 0 fully saturated rings. The Labute approximate surface area is 265 Å². The largest absolute Gasteiger partial charge is 0.492 e. The molecule has 2 amide bonds. The average molecular weight is 649 g/mol. The highest BCUT2D eigenvalue weighted by molar-refractivity contribution is 7.92. The number of hydrogen-bond donors (Lipinski definition) is 1. The number of nitrogens with one attached hydrogen (secondary N) is 1. The van der Waals surface area contributed by atoms with E-state index in [1.54, 1.807) is 61.5 Å². The van der Waals surface area contributed by atoms with Crippen molar-refractivity contribution in [2.75, 3.05) is 24.0 Å². The van der Waals surface area contributed by atoms with Crippen LogP contribution in [0.4, 0.5) is 5.69 Å². The molecule has 3 rings (SSSR count). The standard InChI is InChI=1S/C32H39Cl2N3O5S/c1-5-8-19-35-32(39)28(6-2)36(21-24-15-18-26(33)27(34)20-24)31(38)22-37(29-11-9-10-12-30(29)42-7-3)43(40,41)25-16-13-23(4)14-17-25/h9-18,20,28H,5-8,19,21-22H2,1-4H3,(H,35,39). The second-order valence-corrected chi connectivity index (χ2v) is 12.7. The van der Waals surface area contributed by atoms with Crippen LogP contribution < -0.4 is 14.4 Å². The fourth-order valence-electron chi connectivity index (χ4n) is 4.55. The molecule has 0 radical (unpaired) electrons. The zero-order valence-electron chi connectivity index (χ0n) is 25.0. The molecule has 0 saturated carbocycles. The maximum absolute atomic E-state index is 14.3. The maximum Gasteiger partial charge on any atom is 0.264 e. The second kappa shape index (κ2) is 16.0. The molecular formula is C32H39Cl2N3O5S. The van der Waals surface area contributed by atoms with Crippen molar-refractivity contribution in [3.05, 3.63) is 87.9 Å². The normalized spacial score (nSPS) is 12.0. The number of para-hydroxylation sites is 2. The minimum atomic E-state index is -4.23. The molecule has 0 saturated heterocycles. The van der Waals surface area contributed by atoms with Gasteiger partial charge in [0.15, 0.2) is 0 Å². The first-order valence-corrected chi connectivity index (χ1v) is 16.5. The van der Waals surface area contributed by atoms with Gasteiger partial charge in [0.05, 0.1) is 27.2 Å². The zero-order chi connectivity index (χ0) is 31.6. The van der Waals surface area contributed by atoms with E-state index in [0.717, 1.165) is 22.7 Å². The van der Waals surface area contributed by atoms with Crippen LogP contribution in [-0.4, -0.2) is 50.9 Å². The molecule has 1 unspecified atom stereocenters. The summed E-state index contributed by atoms with van der Waals surface area (Å²) in [5.41, 5.74) is 1.75. The van der Waals surface area contributed by atoms with Gasteiger partial charge in [0.1, 0.15) is 18.3 Å². The quantitative estimate of drug-likeness (QED) is 0.187. The third-order valence-electron chi connectivity index (χ3n) is 6.87. The molecule has 0 spiro atoms.